The van der Waals surface area contributed by atoms with Gasteiger partial charge in [-0.15, -0.1) is 0 Å². The Kier molecular flexibility index (Phi) is 3.23. The molecule has 2 N–H and O–H groups in total. The molecule has 0 saturated carbocycles. The summed E-state index contributed by atoms with van der Waals surface area (Å²) in [7, 11) is -2.90. The van der Waals surface area contributed by atoms with Crippen molar-refractivity contribution < 1.29 is 8.42 Å². The summed E-state index contributed by atoms with van der Waals surface area (Å²) in [5.74, 6) is 0.334. The normalized spacial score (nSPS) is 29.0. The van der Waals surface area contributed by atoms with Crippen LogP contribution < -0.4 is 5.73 Å². The minimum Gasteiger partial charge on any atom is -0.315 e. The molecule has 1 unspecified atom stereocenters. The Balaban J connectivity index is 2.77. The molecule has 0 aromatic carbocycles. The fourth-order valence-electron chi connectivity index (χ4n) is 1.79. The van der Waals surface area contributed by atoms with Gasteiger partial charge in [0.2, 0.25) is 0 Å². The van der Waals surface area contributed by atoms with Crippen molar-refractivity contribution in [3.05, 3.63) is 0 Å². The minimum absolute atomic E-state index is 0.00461. The van der Waals surface area contributed by atoms with Gasteiger partial charge in [0.15, 0.2) is 9.84 Å². The first-order chi connectivity index (χ1) is 6.28. The van der Waals surface area contributed by atoms with Crippen LogP contribution in [0, 0.1) is 0 Å². The molecule has 0 spiro atoms. The molecule has 0 aromatic rings. The molecule has 0 aromatic heterocycles. The topological polar surface area (TPSA) is 63.4 Å². The SMILES string of the molecule is CCC(C)(C)N1CCS(=O)(=O)CC1N. The molecule has 1 heterocycles. The molecule has 0 radical (unpaired) electrons. The molecule has 1 rings (SSSR count). The van der Waals surface area contributed by atoms with Crippen molar-refractivity contribution in [2.45, 2.75) is 38.9 Å². The van der Waals surface area contributed by atoms with Gasteiger partial charge in [-0.2, -0.15) is 0 Å². The first kappa shape index (κ1) is 11.9. The zero-order chi connectivity index (χ0) is 11.0. The lowest BCUT2D eigenvalue weighted by molar-refractivity contribution is 0.0792. The van der Waals surface area contributed by atoms with Gasteiger partial charge in [0, 0.05) is 12.1 Å². The van der Waals surface area contributed by atoms with Gasteiger partial charge in [0.25, 0.3) is 0 Å². The van der Waals surface area contributed by atoms with E-state index in [4.69, 9.17) is 5.73 Å². The smallest absolute Gasteiger partial charge is 0.154 e. The molecule has 1 atom stereocenters. The number of hydrogen-bond donors (Lipinski definition) is 1. The summed E-state index contributed by atoms with van der Waals surface area (Å²) in [4.78, 5) is 2.09. The lowest BCUT2D eigenvalue weighted by atomic mass is 9.98. The average molecular weight is 220 g/mol. The number of rotatable bonds is 2. The fraction of sp³-hybridized carbons (Fsp3) is 1.00. The molecule has 1 aliphatic rings. The van der Waals surface area contributed by atoms with E-state index in [1.54, 1.807) is 0 Å². The minimum atomic E-state index is -2.90. The molecule has 1 aliphatic heterocycles. The van der Waals surface area contributed by atoms with E-state index in [0.717, 1.165) is 6.42 Å². The Hall–Kier alpha value is -0.130. The number of sulfone groups is 1. The Bertz CT molecular complexity index is 298. The summed E-state index contributed by atoms with van der Waals surface area (Å²) < 4.78 is 22.6. The van der Waals surface area contributed by atoms with Gasteiger partial charge in [-0.3, -0.25) is 4.90 Å². The van der Waals surface area contributed by atoms with Crippen LogP contribution in [-0.4, -0.2) is 43.1 Å². The second-order valence-electron chi connectivity index (χ2n) is 4.54. The second-order valence-corrected chi connectivity index (χ2v) is 6.77. The van der Waals surface area contributed by atoms with E-state index < -0.39 is 9.84 Å². The van der Waals surface area contributed by atoms with Crippen LogP contribution in [0.15, 0.2) is 0 Å². The van der Waals surface area contributed by atoms with Crippen LogP contribution in [0.5, 0.6) is 0 Å². The zero-order valence-corrected chi connectivity index (χ0v) is 9.97. The molecule has 1 fully saturated rings. The summed E-state index contributed by atoms with van der Waals surface area (Å²) >= 11 is 0. The number of nitrogens with two attached hydrogens (primary N) is 1. The van der Waals surface area contributed by atoms with E-state index in [2.05, 4.69) is 25.7 Å². The fourth-order valence-corrected chi connectivity index (χ4v) is 3.13. The molecule has 0 aliphatic carbocycles. The summed E-state index contributed by atoms with van der Waals surface area (Å²) in [6, 6.07) is 0. The maximum absolute atomic E-state index is 11.3. The van der Waals surface area contributed by atoms with Crippen molar-refractivity contribution in [2.75, 3.05) is 18.1 Å². The van der Waals surface area contributed by atoms with Crippen LogP contribution in [0.25, 0.3) is 0 Å². The van der Waals surface area contributed by atoms with Gasteiger partial charge in [-0.25, -0.2) is 8.42 Å². The third-order valence-corrected chi connectivity index (χ3v) is 4.76. The van der Waals surface area contributed by atoms with Crippen LogP contribution in [0.2, 0.25) is 0 Å². The molecule has 4 nitrogen and oxygen atoms in total. The van der Waals surface area contributed by atoms with Crippen molar-refractivity contribution in [1.82, 2.24) is 4.90 Å². The highest BCUT2D eigenvalue weighted by molar-refractivity contribution is 7.91. The van der Waals surface area contributed by atoms with Crippen LogP contribution >= 0.6 is 0 Å². The third kappa shape index (κ3) is 2.46. The van der Waals surface area contributed by atoms with Gasteiger partial charge in [-0.1, -0.05) is 6.92 Å². The van der Waals surface area contributed by atoms with Gasteiger partial charge >= 0.3 is 0 Å². The molecular formula is C9H20N2O2S. The summed E-state index contributed by atoms with van der Waals surface area (Å²) in [6.07, 6.45) is 0.629. The Labute approximate surface area is 86.4 Å². The molecule has 5 heteroatoms. The van der Waals surface area contributed by atoms with Crippen molar-refractivity contribution in [2.24, 2.45) is 5.73 Å². The van der Waals surface area contributed by atoms with E-state index in [1.165, 1.54) is 0 Å². The summed E-state index contributed by atoms with van der Waals surface area (Å²) in [5, 5.41) is 0. The number of hydrogen-bond acceptors (Lipinski definition) is 4. The first-order valence-corrected chi connectivity index (χ1v) is 6.83. The summed E-state index contributed by atoms with van der Waals surface area (Å²) in [6.45, 7) is 6.86. The maximum atomic E-state index is 11.3. The van der Waals surface area contributed by atoms with E-state index in [-0.39, 0.29) is 23.2 Å². The zero-order valence-electron chi connectivity index (χ0n) is 9.16. The predicted octanol–water partition coefficient (Wildman–Crippen LogP) is 0.190. The van der Waals surface area contributed by atoms with E-state index in [9.17, 15) is 8.42 Å². The van der Waals surface area contributed by atoms with E-state index in [0.29, 0.717) is 6.54 Å². The quantitative estimate of drug-likeness (QED) is 0.721. The van der Waals surface area contributed by atoms with Crippen LogP contribution in [0.3, 0.4) is 0 Å². The molecule has 84 valence electrons. The maximum Gasteiger partial charge on any atom is 0.154 e. The van der Waals surface area contributed by atoms with Crippen LogP contribution in [-0.2, 0) is 9.84 Å². The second kappa shape index (κ2) is 3.79. The summed E-state index contributed by atoms with van der Waals surface area (Å²) in [5.41, 5.74) is 5.86. The Morgan fingerprint density at radius 1 is 1.50 bits per heavy atom. The molecule has 1 saturated heterocycles. The molecule has 0 amide bonds. The van der Waals surface area contributed by atoms with Crippen LogP contribution in [0.1, 0.15) is 27.2 Å². The third-order valence-electron chi connectivity index (χ3n) is 3.11. The largest absolute Gasteiger partial charge is 0.315 e. The van der Waals surface area contributed by atoms with Gasteiger partial charge in [0.05, 0.1) is 17.7 Å². The predicted molar refractivity (Wildman–Crippen MR) is 57.7 cm³/mol. The molecule has 0 bridgehead atoms. The van der Waals surface area contributed by atoms with Gasteiger partial charge < -0.3 is 5.73 Å². The highest BCUT2D eigenvalue weighted by Gasteiger charge is 2.36. The van der Waals surface area contributed by atoms with Gasteiger partial charge in [0.1, 0.15) is 0 Å². The average Bonchev–Trinajstić information content (AvgIpc) is 2.01. The van der Waals surface area contributed by atoms with Crippen molar-refractivity contribution in [3.63, 3.8) is 0 Å². The lowest BCUT2D eigenvalue weighted by Crippen LogP contribution is -2.60. The van der Waals surface area contributed by atoms with Crippen LogP contribution in [0.4, 0.5) is 0 Å². The Morgan fingerprint density at radius 2 is 2.07 bits per heavy atom. The molecular weight excluding hydrogens is 200 g/mol. The Morgan fingerprint density at radius 3 is 2.50 bits per heavy atom. The molecule has 14 heavy (non-hydrogen) atoms. The van der Waals surface area contributed by atoms with Crippen molar-refractivity contribution in [1.29, 1.82) is 0 Å². The van der Waals surface area contributed by atoms with E-state index in [1.807, 2.05) is 0 Å². The first-order valence-electron chi connectivity index (χ1n) is 5.01. The van der Waals surface area contributed by atoms with Gasteiger partial charge in [-0.05, 0) is 20.3 Å². The lowest BCUT2D eigenvalue weighted by Gasteiger charge is -2.44. The number of nitrogens with zero attached hydrogens (tertiary/aromatic N) is 1. The highest BCUT2D eigenvalue weighted by Crippen LogP contribution is 2.23. The highest BCUT2D eigenvalue weighted by atomic mass is 32.2. The van der Waals surface area contributed by atoms with E-state index >= 15 is 0 Å². The van der Waals surface area contributed by atoms with Crippen molar-refractivity contribution >= 4 is 9.84 Å². The van der Waals surface area contributed by atoms with Crippen molar-refractivity contribution in [3.8, 4) is 0 Å². The monoisotopic (exact) mass is 220 g/mol. The standard InChI is InChI=1S/C9H20N2O2S/c1-4-9(2,3)11-5-6-14(12,13)7-8(11)10/h8H,4-7,10H2,1-3H3.